The van der Waals surface area contributed by atoms with E-state index in [1.165, 1.54) is 23.5 Å². The van der Waals surface area contributed by atoms with Crippen molar-refractivity contribution in [2.45, 2.75) is 88.8 Å². The Kier molecular flexibility index (Phi) is 9.50. The predicted octanol–water partition coefficient (Wildman–Crippen LogP) is 2.75. The first kappa shape index (κ1) is 26.6. The number of rotatable bonds is 10. The van der Waals surface area contributed by atoms with Gasteiger partial charge < -0.3 is 15.0 Å². The normalized spacial score (nSPS) is 20.3. The minimum atomic E-state index is -3.85. The van der Waals surface area contributed by atoms with E-state index in [9.17, 15) is 18.0 Å². The third-order valence-corrected chi connectivity index (χ3v) is 8.09. The van der Waals surface area contributed by atoms with Gasteiger partial charge in [0.15, 0.2) is 0 Å². The van der Waals surface area contributed by atoms with Crippen LogP contribution in [0.2, 0.25) is 0 Å². The number of ether oxygens (including phenoxy) is 1. The SMILES string of the molecule is Cc1ccc(S(=O)(=O)NCC(=O)N(C[C@@H]2CCCO2)[C@@H](C(=O)NC2CCCCC2)C(C)C)cc1. The Morgan fingerprint density at radius 2 is 1.74 bits per heavy atom. The number of nitrogens with zero attached hydrogens (tertiary/aromatic N) is 1. The highest BCUT2D eigenvalue weighted by molar-refractivity contribution is 7.89. The van der Waals surface area contributed by atoms with Crippen LogP contribution >= 0.6 is 0 Å². The summed E-state index contributed by atoms with van der Waals surface area (Å²) >= 11 is 0. The van der Waals surface area contributed by atoms with E-state index in [0.717, 1.165) is 44.1 Å². The van der Waals surface area contributed by atoms with Gasteiger partial charge >= 0.3 is 0 Å². The third kappa shape index (κ3) is 7.26. The lowest BCUT2D eigenvalue weighted by molar-refractivity contribution is -0.143. The van der Waals surface area contributed by atoms with Gasteiger partial charge in [-0.1, -0.05) is 50.8 Å². The van der Waals surface area contributed by atoms with Gasteiger partial charge in [-0.05, 0) is 50.7 Å². The van der Waals surface area contributed by atoms with Crippen LogP contribution in [0.4, 0.5) is 0 Å². The van der Waals surface area contributed by atoms with Gasteiger partial charge in [0.1, 0.15) is 6.04 Å². The number of hydrogen-bond donors (Lipinski definition) is 2. The quantitative estimate of drug-likeness (QED) is 0.522. The van der Waals surface area contributed by atoms with Crippen molar-refractivity contribution in [2.24, 2.45) is 5.92 Å². The second-order valence-electron chi connectivity index (χ2n) is 9.85. The van der Waals surface area contributed by atoms with Crippen molar-refractivity contribution in [1.29, 1.82) is 0 Å². The maximum atomic E-state index is 13.4. The summed E-state index contributed by atoms with van der Waals surface area (Å²) in [5.41, 5.74) is 0.946. The molecule has 1 aliphatic carbocycles. The van der Waals surface area contributed by atoms with E-state index in [1.807, 2.05) is 20.8 Å². The van der Waals surface area contributed by atoms with Crippen LogP contribution in [0.5, 0.6) is 0 Å². The molecule has 1 saturated carbocycles. The summed E-state index contributed by atoms with van der Waals surface area (Å²) in [6.45, 7) is 6.19. The maximum Gasteiger partial charge on any atom is 0.243 e. The van der Waals surface area contributed by atoms with Crippen molar-refractivity contribution >= 4 is 21.8 Å². The molecule has 34 heavy (non-hydrogen) atoms. The molecule has 1 heterocycles. The number of nitrogens with one attached hydrogen (secondary N) is 2. The first-order valence-corrected chi connectivity index (χ1v) is 13.9. The predicted molar refractivity (Wildman–Crippen MR) is 131 cm³/mol. The fraction of sp³-hybridized carbons (Fsp3) is 0.680. The highest BCUT2D eigenvalue weighted by atomic mass is 32.2. The molecule has 9 heteroatoms. The smallest absolute Gasteiger partial charge is 0.243 e. The van der Waals surface area contributed by atoms with Crippen molar-refractivity contribution in [2.75, 3.05) is 19.7 Å². The number of carbonyl (C=O) groups is 2. The van der Waals surface area contributed by atoms with Gasteiger partial charge in [0.25, 0.3) is 0 Å². The number of carbonyl (C=O) groups excluding carboxylic acids is 2. The van der Waals surface area contributed by atoms with Gasteiger partial charge in [0.2, 0.25) is 21.8 Å². The molecule has 1 aliphatic heterocycles. The first-order valence-electron chi connectivity index (χ1n) is 12.4. The van der Waals surface area contributed by atoms with Crippen molar-refractivity contribution < 1.29 is 22.7 Å². The van der Waals surface area contributed by atoms with Crippen molar-refractivity contribution in [3.8, 4) is 0 Å². The Hall–Kier alpha value is -1.97. The van der Waals surface area contributed by atoms with Gasteiger partial charge in [0.05, 0.1) is 17.5 Å². The Balaban J connectivity index is 1.74. The molecule has 0 unspecified atom stereocenters. The minimum absolute atomic E-state index is 0.104. The molecule has 0 radical (unpaired) electrons. The lowest BCUT2D eigenvalue weighted by atomic mass is 9.94. The van der Waals surface area contributed by atoms with E-state index in [-0.39, 0.29) is 35.4 Å². The summed E-state index contributed by atoms with van der Waals surface area (Å²) in [5, 5.41) is 3.15. The van der Waals surface area contributed by atoms with Crippen LogP contribution in [0, 0.1) is 12.8 Å². The van der Waals surface area contributed by atoms with E-state index in [1.54, 1.807) is 12.1 Å². The van der Waals surface area contributed by atoms with E-state index in [0.29, 0.717) is 6.61 Å². The summed E-state index contributed by atoms with van der Waals surface area (Å²) in [4.78, 5) is 28.3. The molecule has 0 bridgehead atoms. The number of hydrogen-bond acceptors (Lipinski definition) is 5. The topological polar surface area (TPSA) is 105 Å². The number of sulfonamides is 1. The van der Waals surface area contributed by atoms with Crippen molar-refractivity contribution in [3.05, 3.63) is 29.8 Å². The molecule has 0 aromatic heterocycles. The molecule has 0 spiro atoms. The van der Waals surface area contributed by atoms with Gasteiger partial charge in [-0.15, -0.1) is 0 Å². The molecule has 8 nitrogen and oxygen atoms in total. The van der Waals surface area contributed by atoms with Crippen LogP contribution in [0.3, 0.4) is 0 Å². The molecule has 3 rings (SSSR count). The molecule has 190 valence electrons. The molecule has 1 saturated heterocycles. The zero-order chi connectivity index (χ0) is 24.7. The van der Waals surface area contributed by atoms with Crippen molar-refractivity contribution in [1.82, 2.24) is 14.9 Å². The lowest BCUT2D eigenvalue weighted by Crippen LogP contribution is -2.57. The molecule has 2 aliphatic rings. The fourth-order valence-electron chi connectivity index (χ4n) is 4.77. The van der Waals surface area contributed by atoms with Crippen LogP contribution in [-0.2, 0) is 24.3 Å². The monoisotopic (exact) mass is 493 g/mol. The lowest BCUT2D eigenvalue weighted by Gasteiger charge is -2.36. The summed E-state index contributed by atoms with van der Waals surface area (Å²) in [7, 11) is -3.85. The van der Waals surface area contributed by atoms with Crippen LogP contribution in [0.1, 0.15) is 64.4 Å². The van der Waals surface area contributed by atoms with Gasteiger partial charge in [-0.25, -0.2) is 13.1 Å². The Labute approximate surface area is 203 Å². The van der Waals surface area contributed by atoms with E-state index in [4.69, 9.17) is 4.74 Å². The molecule has 1 aromatic rings. The summed E-state index contributed by atoms with van der Waals surface area (Å²) in [6.07, 6.45) is 6.85. The van der Waals surface area contributed by atoms with E-state index >= 15 is 0 Å². The summed E-state index contributed by atoms with van der Waals surface area (Å²) in [6, 6.07) is 5.89. The number of amides is 2. The Morgan fingerprint density at radius 1 is 1.06 bits per heavy atom. The zero-order valence-electron chi connectivity index (χ0n) is 20.6. The van der Waals surface area contributed by atoms with Crippen LogP contribution < -0.4 is 10.0 Å². The van der Waals surface area contributed by atoms with Crippen LogP contribution in [-0.4, -0.2) is 63.0 Å². The standard InChI is InChI=1S/C25H39N3O5S/c1-18(2)24(25(30)27-20-8-5-4-6-9-20)28(17-21-10-7-15-33-21)23(29)16-26-34(31,32)22-13-11-19(3)12-14-22/h11-14,18,20-21,24,26H,4-10,15-17H2,1-3H3,(H,27,30)/t21-,24+/m0/s1. The highest BCUT2D eigenvalue weighted by Crippen LogP contribution is 2.21. The summed E-state index contributed by atoms with van der Waals surface area (Å²) in [5.74, 6) is -0.735. The molecule has 2 N–H and O–H groups in total. The molecule has 2 fully saturated rings. The maximum absolute atomic E-state index is 13.4. The third-order valence-electron chi connectivity index (χ3n) is 6.68. The Morgan fingerprint density at radius 3 is 2.32 bits per heavy atom. The second kappa shape index (κ2) is 12.1. The molecule has 1 aromatic carbocycles. The largest absolute Gasteiger partial charge is 0.376 e. The zero-order valence-corrected chi connectivity index (χ0v) is 21.4. The van der Waals surface area contributed by atoms with Gasteiger partial charge in [0, 0.05) is 19.2 Å². The highest BCUT2D eigenvalue weighted by Gasteiger charge is 2.36. The second-order valence-corrected chi connectivity index (χ2v) is 11.6. The molecule has 2 amide bonds. The average molecular weight is 494 g/mol. The minimum Gasteiger partial charge on any atom is -0.376 e. The number of aryl methyl sites for hydroxylation is 1. The molecular formula is C25H39N3O5S. The van der Waals surface area contributed by atoms with E-state index < -0.39 is 28.5 Å². The average Bonchev–Trinajstić information content (AvgIpc) is 3.31. The summed E-state index contributed by atoms with van der Waals surface area (Å²) < 4.78 is 33.6. The first-order chi connectivity index (χ1) is 16.2. The van der Waals surface area contributed by atoms with Crippen LogP contribution in [0.15, 0.2) is 29.2 Å². The van der Waals surface area contributed by atoms with Crippen LogP contribution in [0.25, 0.3) is 0 Å². The van der Waals surface area contributed by atoms with Gasteiger partial charge in [-0.2, -0.15) is 0 Å². The van der Waals surface area contributed by atoms with Crippen molar-refractivity contribution in [3.63, 3.8) is 0 Å². The fourth-order valence-corrected chi connectivity index (χ4v) is 5.75. The van der Waals surface area contributed by atoms with E-state index in [2.05, 4.69) is 10.0 Å². The van der Waals surface area contributed by atoms with Gasteiger partial charge in [-0.3, -0.25) is 9.59 Å². The molecule has 2 atom stereocenters. The Bertz CT molecular complexity index is 920. The number of benzene rings is 1. The molecular weight excluding hydrogens is 454 g/mol.